The maximum Gasteiger partial charge on any atom is 0.151 e. The Morgan fingerprint density at radius 2 is 1.69 bits per heavy atom. The van der Waals surface area contributed by atoms with Gasteiger partial charge in [-0.05, 0) is 11.3 Å². The molecule has 1 fully saturated rings. The van der Waals surface area contributed by atoms with Crippen LogP contribution in [0.2, 0.25) is 0 Å². The van der Waals surface area contributed by atoms with Crippen LogP contribution in [-0.2, 0) is 14.4 Å². The molecule has 0 heterocycles. The molecule has 0 N–H and O–H groups in total. The van der Waals surface area contributed by atoms with Gasteiger partial charge in [0.05, 0.1) is 0 Å². The third-order valence-corrected chi connectivity index (χ3v) is 2.88. The molecule has 0 bridgehead atoms. The van der Waals surface area contributed by atoms with Crippen molar-refractivity contribution in [3.63, 3.8) is 0 Å². The second-order valence-corrected chi connectivity index (χ2v) is 5.95. The van der Waals surface area contributed by atoms with E-state index in [0.717, 1.165) is 0 Å². The predicted octanol–water partition coefficient (Wildman–Crippen LogP) is 2.18. The van der Waals surface area contributed by atoms with Crippen LogP contribution in [0.15, 0.2) is 0 Å². The summed E-state index contributed by atoms with van der Waals surface area (Å²) in [6.45, 7) is 7.62. The fourth-order valence-corrected chi connectivity index (χ4v) is 2.27. The Balaban J connectivity index is 2.79. The molecular formula is C13H20O3. The summed E-state index contributed by atoms with van der Waals surface area (Å²) in [7, 11) is 0. The van der Waals surface area contributed by atoms with Gasteiger partial charge in [0, 0.05) is 19.3 Å². The van der Waals surface area contributed by atoms with Crippen LogP contribution >= 0.6 is 0 Å². The first-order valence-corrected chi connectivity index (χ1v) is 5.81. The summed E-state index contributed by atoms with van der Waals surface area (Å²) in [6, 6.07) is 0. The van der Waals surface area contributed by atoms with Gasteiger partial charge in [0.2, 0.25) is 0 Å². The zero-order chi connectivity index (χ0) is 12.5. The van der Waals surface area contributed by atoms with Gasteiger partial charge in [-0.15, -0.1) is 0 Å². The molecule has 1 rings (SSSR count). The Bertz CT molecular complexity index is 295. The molecule has 0 aliphatic heterocycles. The lowest BCUT2D eigenvalue weighted by Crippen LogP contribution is -2.42. The number of carbonyl (C=O) groups is 3. The molecule has 3 nitrogen and oxygen atoms in total. The van der Waals surface area contributed by atoms with E-state index in [2.05, 4.69) is 0 Å². The maximum atomic E-state index is 11.8. The number of hydrogen-bond donors (Lipinski definition) is 0. The average molecular weight is 224 g/mol. The van der Waals surface area contributed by atoms with E-state index in [-0.39, 0.29) is 28.7 Å². The largest absolute Gasteiger partial charge is 0.298 e. The highest BCUT2D eigenvalue weighted by Gasteiger charge is 2.42. The Hall–Kier alpha value is -0.990. The standard InChI is InChI=1S/C13H20O3/c1-8(2)5-9(14)12-10(15)6-13(3,4)7-11(12)16/h8,12H,5-7H2,1-4H3. The van der Waals surface area contributed by atoms with Crippen LogP contribution in [0.25, 0.3) is 0 Å². The highest BCUT2D eigenvalue weighted by atomic mass is 16.2. The van der Waals surface area contributed by atoms with Gasteiger partial charge < -0.3 is 0 Å². The van der Waals surface area contributed by atoms with Crippen molar-refractivity contribution in [1.29, 1.82) is 0 Å². The van der Waals surface area contributed by atoms with E-state index in [1.54, 1.807) is 0 Å². The molecule has 0 aromatic carbocycles. The molecule has 0 atom stereocenters. The highest BCUT2D eigenvalue weighted by molar-refractivity contribution is 6.20. The lowest BCUT2D eigenvalue weighted by Gasteiger charge is -2.31. The second kappa shape index (κ2) is 4.48. The van der Waals surface area contributed by atoms with Crippen molar-refractivity contribution in [1.82, 2.24) is 0 Å². The Morgan fingerprint density at radius 3 is 2.06 bits per heavy atom. The van der Waals surface area contributed by atoms with Crippen molar-refractivity contribution in [2.45, 2.75) is 47.0 Å². The Morgan fingerprint density at radius 1 is 1.25 bits per heavy atom. The lowest BCUT2D eigenvalue weighted by molar-refractivity contribution is -0.145. The SMILES string of the molecule is CC(C)CC(=O)C1C(=O)CC(C)(C)CC1=O. The van der Waals surface area contributed by atoms with E-state index < -0.39 is 5.92 Å². The fraction of sp³-hybridized carbons (Fsp3) is 0.769. The number of carbonyl (C=O) groups excluding carboxylic acids is 3. The summed E-state index contributed by atoms with van der Waals surface area (Å²) < 4.78 is 0. The molecule has 1 saturated carbocycles. The van der Waals surface area contributed by atoms with E-state index in [9.17, 15) is 14.4 Å². The van der Waals surface area contributed by atoms with Crippen molar-refractivity contribution in [3.05, 3.63) is 0 Å². The molecule has 0 amide bonds. The Labute approximate surface area is 96.6 Å². The molecule has 16 heavy (non-hydrogen) atoms. The molecule has 3 heteroatoms. The third-order valence-electron chi connectivity index (χ3n) is 2.88. The van der Waals surface area contributed by atoms with Crippen LogP contribution in [-0.4, -0.2) is 17.3 Å². The van der Waals surface area contributed by atoms with Crippen molar-refractivity contribution < 1.29 is 14.4 Å². The van der Waals surface area contributed by atoms with Crippen molar-refractivity contribution >= 4 is 17.3 Å². The summed E-state index contributed by atoms with van der Waals surface area (Å²) >= 11 is 0. The number of rotatable bonds is 3. The van der Waals surface area contributed by atoms with E-state index in [4.69, 9.17) is 0 Å². The molecule has 0 spiro atoms. The van der Waals surface area contributed by atoms with Gasteiger partial charge in [-0.1, -0.05) is 27.7 Å². The molecule has 0 saturated heterocycles. The van der Waals surface area contributed by atoms with E-state index in [1.807, 2.05) is 27.7 Å². The lowest BCUT2D eigenvalue weighted by atomic mass is 9.70. The summed E-state index contributed by atoms with van der Waals surface area (Å²) in [4.78, 5) is 35.4. The summed E-state index contributed by atoms with van der Waals surface area (Å²) in [5.41, 5.74) is -0.275. The first kappa shape index (κ1) is 13.1. The van der Waals surface area contributed by atoms with Gasteiger partial charge in [-0.25, -0.2) is 0 Å². The van der Waals surface area contributed by atoms with Gasteiger partial charge in [0.25, 0.3) is 0 Å². The molecule has 0 radical (unpaired) electrons. The monoisotopic (exact) mass is 224 g/mol. The zero-order valence-corrected chi connectivity index (χ0v) is 10.5. The minimum absolute atomic E-state index is 0.188. The molecular weight excluding hydrogens is 204 g/mol. The second-order valence-electron chi connectivity index (χ2n) is 5.95. The van der Waals surface area contributed by atoms with Gasteiger partial charge in [-0.2, -0.15) is 0 Å². The van der Waals surface area contributed by atoms with Crippen LogP contribution in [0.1, 0.15) is 47.0 Å². The number of ketones is 3. The van der Waals surface area contributed by atoms with Gasteiger partial charge >= 0.3 is 0 Å². The van der Waals surface area contributed by atoms with E-state index in [1.165, 1.54) is 0 Å². The maximum absolute atomic E-state index is 11.8. The summed E-state index contributed by atoms with van der Waals surface area (Å²) in [5, 5.41) is 0. The minimum Gasteiger partial charge on any atom is -0.298 e. The van der Waals surface area contributed by atoms with Crippen molar-refractivity contribution in [2.75, 3.05) is 0 Å². The van der Waals surface area contributed by atoms with Gasteiger partial charge in [-0.3, -0.25) is 14.4 Å². The predicted molar refractivity (Wildman–Crippen MR) is 61.0 cm³/mol. The fourth-order valence-electron chi connectivity index (χ4n) is 2.27. The molecule has 90 valence electrons. The van der Waals surface area contributed by atoms with Crippen LogP contribution in [0, 0.1) is 17.3 Å². The minimum atomic E-state index is -0.963. The van der Waals surface area contributed by atoms with E-state index >= 15 is 0 Å². The molecule has 0 unspecified atom stereocenters. The number of hydrogen-bond acceptors (Lipinski definition) is 3. The topological polar surface area (TPSA) is 51.2 Å². The number of Topliss-reactive ketones (excluding diaryl/α,β-unsaturated/α-hetero) is 3. The molecule has 1 aliphatic rings. The normalized spacial score (nSPS) is 21.6. The summed E-state index contributed by atoms with van der Waals surface area (Å²) in [6.07, 6.45) is 1.00. The molecule has 0 aromatic heterocycles. The van der Waals surface area contributed by atoms with Gasteiger partial charge in [0.15, 0.2) is 17.3 Å². The van der Waals surface area contributed by atoms with Crippen LogP contribution in [0.5, 0.6) is 0 Å². The Kier molecular flexibility index (Phi) is 3.66. The highest BCUT2D eigenvalue weighted by Crippen LogP contribution is 2.34. The third kappa shape index (κ3) is 3.00. The van der Waals surface area contributed by atoms with Crippen LogP contribution < -0.4 is 0 Å². The first-order valence-electron chi connectivity index (χ1n) is 5.81. The summed E-state index contributed by atoms with van der Waals surface area (Å²) in [5.74, 6) is -1.34. The zero-order valence-electron chi connectivity index (χ0n) is 10.5. The van der Waals surface area contributed by atoms with Gasteiger partial charge in [0.1, 0.15) is 5.92 Å². The smallest absolute Gasteiger partial charge is 0.151 e. The molecule has 1 aliphatic carbocycles. The van der Waals surface area contributed by atoms with Crippen LogP contribution in [0.4, 0.5) is 0 Å². The van der Waals surface area contributed by atoms with Crippen LogP contribution in [0.3, 0.4) is 0 Å². The average Bonchev–Trinajstić information content (AvgIpc) is 1.96. The first-order chi connectivity index (χ1) is 7.23. The van der Waals surface area contributed by atoms with Crippen molar-refractivity contribution in [2.24, 2.45) is 17.3 Å². The quantitative estimate of drug-likeness (QED) is 0.690. The molecule has 0 aromatic rings. The van der Waals surface area contributed by atoms with E-state index in [0.29, 0.717) is 19.3 Å². The van der Waals surface area contributed by atoms with Crippen molar-refractivity contribution in [3.8, 4) is 0 Å².